The Morgan fingerprint density at radius 3 is 2.75 bits per heavy atom. The molecule has 0 aromatic heterocycles. The Morgan fingerprint density at radius 2 is 2.33 bits per heavy atom. The topological polar surface area (TPSA) is 72.6 Å². The van der Waals surface area contributed by atoms with Gasteiger partial charge >= 0.3 is 0 Å². The first kappa shape index (κ1) is 9.15. The van der Waals surface area contributed by atoms with E-state index < -0.39 is 23.2 Å². The van der Waals surface area contributed by atoms with Crippen LogP contribution in [0.25, 0.3) is 0 Å². The van der Waals surface area contributed by atoms with E-state index in [-0.39, 0.29) is 6.42 Å². The number of aliphatic hydroxyl groups excluding tert-OH is 1. The van der Waals surface area contributed by atoms with Gasteiger partial charge in [0.15, 0.2) is 0 Å². The van der Waals surface area contributed by atoms with Gasteiger partial charge in [0.2, 0.25) is 6.04 Å². The molecular formula is C7H11NO4. The average Bonchev–Trinajstić information content (AvgIpc) is 2.04. The summed E-state index contributed by atoms with van der Waals surface area (Å²) < 4.78 is 4.87. The number of methoxy groups -OCH3 is 1. The molecule has 1 N–H and O–H groups in total. The zero-order valence-electron chi connectivity index (χ0n) is 6.71. The molecule has 0 spiro atoms. The minimum atomic E-state index is -0.772. The highest BCUT2D eigenvalue weighted by Gasteiger charge is 2.30. The number of ether oxygens (including phenoxy) is 1. The maximum atomic E-state index is 10.3. The third-order valence-corrected chi connectivity index (χ3v) is 1.93. The van der Waals surface area contributed by atoms with Crippen LogP contribution in [-0.4, -0.2) is 35.4 Å². The van der Waals surface area contributed by atoms with Crippen LogP contribution in [0, 0.1) is 10.1 Å². The van der Waals surface area contributed by atoms with Gasteiger partial charge in [-0.05, 0) is 6.08 Å². The maximum Gasteiger partial charge on any atom is 0.233 e. The van der Waals surface area contributed by atoms with E-state index in [2.05, 4.69) is 0 Å². The lowest BCUT2D eigenvalue weighted by Gasteiger charge is -2.22. The summed E-state index contributed by atoms with van der Waals surface area (Å²) in [6.45, 7) is 0. The van der Waals surface area contributed by atoms with Crippen LogP contribution in [0.1, 0.15) is 6.42 Å². The summed E-state index contributed by atoms with van der Waals surface area (Å²) in [5.41, 5.74) is 0. The number of rotatable bonds is 2. The number of nitrogens with zero attached hydrogens (tertiary/aromatic N) is 1. The highest BCUT2D eigenvalue weighted by molar-refractivity contribution is 5.03. The lowest BCUT2D eigenvalue weighted by molar-refractivity contribution is -0.513. The first-order valence-electron chi connectivity index (χ1n) is 3.68. The van der Waals surface area contributed by atoms with E-state index in [1.54, 1.807) is 0 Å². The molecule has 5 nitrogen and oxygen atoms in total. The summed E-state index contributed by atoms with van der Waals surface area (Å²) in [4.78, 5) is 9.89. The molecule has 0 saturated heterocycles. The molecule has 0 radical (unpaired) electrons. The van der Waals surface area contributed by atoms with E-state index in [4.69, 9.17) is 4.74 Å². The molecular weight excluding hydrogens is 162 g/mol. The third-order valence-electron chi connectivity index (χ3n) is 1.93. The minimum Gasteiger partial charge on any atom is -0.390 e. The maximum absolute atomic E-state index is 10.3. The Labute approximate surface area is 69.8 Å². The van der Waals surface area contributed by atoms with Crippen LogP contribution in [0.5, 0.6) is 0 Å². The highest BCUT2D eigenvalue weighted by atomic mass is 16.6. The molecule has 3 atom stereocenters. The molecule has 0 aliphatic heterocycles. The van der Waals surface area contributed by atoms with Gasteiger partial charge in [0.1, 0.15) is 6.10 Å². The zero-order chi connectivity index (χ0) is 9.14. The monoisotopic (exact) mass is 173 g/mol. The molecule has 1 rings (SSSR count). The van der Waals surface area contributed by atoms with Crippen molar-refractivity contribution >= 4 is 0 Å². The van der Waals surface area contributed by atoms with Crippen molar-refractivity contribution in [2.24, 2.45) is 0 Å². The first-order chi connectivity index (χ1) is 5.65. The highest BCUT2D eigenvalue weighted by Crippen LogP contribution is 2.16. The van der Waals surface area contributed by atoms with Crippen molar-refractivity contribution < 1.29 is 14.8 Å². The van der Waals surface area contributed by atoms with Gasteiger partial charge in [-0.25, -0.2) is 0 Å². The normalized spacial score (nSPS) is 35.0. The predicted molar refractivity (Wildman–Crippen MR) is 41.3 cm³/mol. The number of aliphatic hydroxyl groups is 1. The molecule has 0 bridgehead atoms. The summed E-state index contributed by atoms with van der Waals surface area (Å²) in [6.07, 6.45) is 1.95. The molecule has 1 aliphatic carbocycles. The Balaban J connectivity index is 2.63. The molecule has 12 heavy (non-hydrogen) atoms. The van der Waals surface area contributed by atoms with Crippen molar-refractivity contribution in [3.63, 3.8) is 0 Å². The van der Waals surface area contributed by atoms with Crippen LogP contribution in [0.2, 0.25) is 0 Å². The number of nitro groups is 1. The fourth-order valence-electron chi connectivity index (χ4n) is 1.22. The lowest BCUT2D eigenvalue weighted by atomic mass is 9.98. The molecule has 0 fully saturated rings. The van der Waals surface area contributed by atoms with Gasteiger partial charge in [-0.3, -0.25) is 10.1 Å². The van der Waals surface area contributed by atoms with Gasteiger partial charge < -0.3 is 9.84 Å². The largest absolute Gasteiger partial charge is 0.390 e. The molecule has 1 aliphatic rings. The molecule has 68 valence electrons. The van der Waals surface area contributed by atoms with E-state index in [1.807, 2.05) is 0 Å². The molecule has 0 aromatic rings. The average molecular weight is 173 g/mol. The van der Waals surface area contributed by atoms with Crippen molar-refractivity contribution in [2.45, 2.75) is 24.7 Å². The smallest absolute Gasteiger partial charge is 0.233 e. The summed E-state index contributed by atoms with van der Waals surface area (Å²) in [5.74, 6) is 0. The lowest BCUT2D eigenvalue weighted by Crippen LogP contribution is -2.36. The van der Waals surface area contributed by atoms with Crippen molar-refractivity contribution in [1.29, 1.82) is 0 Å². The van der Waals surface area contributed by atoms with Crippen LogP contribution in [-0.2, 0) is 4.74 Å². The predicted octanol–water partition coefficient (Wildman–Crippen LogP) is -0.0325. The second kappa shape index (κ2) is 3.64. The van der Waals surface area contributed by atoms with Crippen molar-refractivity contribution in [3.8, 4) is 0 Å². The standard InChI is InChI=1S/C7H11NO4/c1-12-7-3-2-5(8(10)11)4-6(7)9/h2-3,5-7,9H,4H2,1H3/t5-,6?,7+/m1/s1. The van der Waals surface area contributed by atoms with Crippen molar-refractivity contribution in [3.05, 3.63) is 22.3 Å². The third kappa shape index (κ3) is 1.80. The van der Waals surface area contributed by atoms with Gasteiger partial charge in [0.05, 0.1) is 6.10 Å². The van der Waals surface area contributed by atoms with Crippen LogP contribution >= 0.6 is 0 Å². The van der Waals surface area contributed by atoms with Gasteiger partial charge in [-0.1, -0.05) is 6.08 Å². The molecule has 5 heteroatoms. The summed E-state index contributed by atoms with van der Waals surface area (Å²) in [6, 6.07) is -0.772. The van der Waals surface area contributed by atoms with E-state index in [0.717, 1.165) is 0 Å². The van der Waals surface area contributed by atoms with E-state index in [1.165, 1.54) is 19.3 Å². The number of hydrogen-bond donors (Lipinski definition) is 1. The van der Waals surface area contributed by atoms with Crippen molar-refractivity contribution in [1.82, 2.24) is 0 Å². The Bertz CT molecular complexity index is 204. The fourth-order valence-corrected chi connectivity index (χ4v) is 1.22. The van der Waals surface area contributed by atoms with E-state index >= 15 is 0 Å². The molecule has 1 unspecified atom stereocenters. The van der Waals surface area contributed by atoms with Crippen LogP contribution in [0.3, 0.4) is 0 Å². The Morgan fingerprint density at radius 1 is 1.67 bits per heavy atom. The first-order valence-corrected chi connectivity index (χ1v) is 3.68. The quantitative estimate of drug-likeness (QED) is 0.361. The van der Waals surface area contributed by atoms with Gasteiger partial charge in [0, 0.05) is 18.5 Å². The second-order valence-electron chi connectivity index (χ2n) is 2.74. The van der Waals surface area contributed by atoms with Gasteiger partial charge in [0.25, 0.3) is 0 Å². The molecule has 0 saturated carbocycles. The van der Waals surface area contributed by atoms with Gasteiger partial charge in [-0.2, -0.15) is 0 Å². The van der Waals surface area contributed by atoms with Crippen LogP contribution in [0.4, 0.5) is 0 Å². The van der Waals surface area contributed by atoms with Crippen molar-refractivity contribution in [2.75, 3.05) is 7.11 Å². The fraction of sp³-hybridized carbons (Fsp3) is 0.714. The summed E-state index contributed by atoms with van der Waals surface area (Å²) in [5, 5.41) is 19.6. The Kier molecular flexibility index (Phi) is 2.78. The molecule has 0 heterocycles. The molecule has 0 amide bonds. The molecule has 0 aromatic carbocycles. The second-order valence-corrected chi connectivity index (χ2v) is 2.74. The SMILES string of the molecule is CO[C@H]1C=C[C@@H]([N+](=O)[O-])CC1O. The number of hydrogen-bond acceptors (Lipinski definition) is 4. The van der Waals surface area contributed by atoms with E-state index in [0.29, 0.717) is 0 Å². The Hall–Kier alpha value is -0.940. The van der Waals surface area contributed by atoms with Gasteiger partial charge in [-0.15, -0.1) is 0 Å². The summed E-state index contributed by atoms with van der Waals surface area (Å²) >= 11 is 0. The summed E-state index contributed by atoms with van der Waals surface area (Å²) in [7, 11) is 1.46. The van der Waals surface area contributed by atoms with Crippen LogP contribution in [0.15, 0.2) is 12.2 Å². The zero-order valence-corrected chi connectivity index (χ0v) is 6.71. The van der Waals surface area contributed by atoms with E-state index in [9.17, 15) is 15.2 Å². The minimum absolute atomic E-state index is 0.127. The van der Waals surface area contributed by atoms with Crippen LogP contribution < -0.4 is 0 Å².